The van der Waals surface area contributed by atoms with Gasteiger partial charge < -0.3 is 5.73 Å². The summed E-state index contributed by atoms with van der Waals surface area (Å²) in [5.74, 6) is 2.32. The summed E-state index contributed by atoms with van der Waals surface area (Å²) in [5.41, 5.74) is 7.05. The van der Waals surface area contributed by atoms with Crippen LogP contribution in [0.2, 0.25) is 0 Å². The van der Waals surface area contributed by atoms with E-state index in [9.17, 15) is 4.39 Å². The molecular formula is C12H16FNS. The Bertz CT molecular complexity index is 306. The summed E-state index contributed by atoms with van der Waals surface area (Å²) >= 11 is 1.86. The van der Waals surface area contributed by atoms with Crippen molar-refractivity contribution in [3.05, 3.63) is 29.8 Å². The van der Waals surface area contributed by atoms with Crippen LogP contribution in [0.25, 0.3) is 0 Å². The highest BCUT2D eigenvalue weighted by Crippen LogP contribution is 2.35. The maximum atomic E-state index is 14.1. The lowest BCUT2D eigenvalue weighted by molar-refractivity contribution is 0.236. The number of halogens is 1. The van der Waals surface area contributed by atoms with E-state index >= 15 is 0 Å². The quantitative estimate of drug-likeness (QED) is 0.780. The minimum Gasteiger partial charge on any atom is -0.399 e. The topological polar surface area (TPSA) is 26.0 Å². The molecular weight excluding hydrogens is 209 g/mol. The predicted molar refractivity (Wildman–Crippen MR) is 64.8 cm³/mol. The normalized spacial score (nSPS) is 23.7. The van der Waals surface area contributed by atoms with Crippen molar-refractivity contribution in [3.8, 4) is 0 Å². The zero-order valence-electron chi connectivity index (χ0n) is 8.66. The molecule has 3 heteroatoms. The lowest BCUT2D eigenvalue weighted by Crippen LogP contribution is -2.16. The average molecular weight is 225 g/mol. The number of nitrogen functional groups attached to an aromatic ring is 1. The van der Waals surface area contributed by atoms with Crippen LogP contribution in [0.1, 0.15) is 24.6 Å². The number of hydrogen-bond donors (Lipinski definition) is 1. The summed E-state index contributed by atoms with van der Waals surface area (Å²) in [6, 6.07) is 7.16. The Morgan fingerprint density at radius 3 is 2.67 bits per heavy atom. The zero-order chi connectivity index (χ0) is 10.7. The van der Waals surface area contributed by atoms with Crippen LogP contribution in [0.5, 0.6) is 0 Å². The third-order valence-corrected chi connectivity index (χ3v) is 4.11. The first-order chi connectivity index (χ1) is 7.27. The van der Waals surface area contributed by atoms with Crippen molar-refractivity contribution < 1.29 is 4.39 Å². The van der Waals surface area contributed by atoms with Crippen molar-refractivity contribution >= 4 is 17.4 Å². The molecule has 1 aromatic carbocycles. The van der Waals surface area contributed by atoms with Crippen molar-refractivity contribution in [2.75, 3.05) is 17.2 Å². The Hall–Kier alpha value is -0.700. The number of alkyl halides is 1. The monoisotopic (exact) mass is 225 g/mol. The SMILES string of the molecule is Nc1ccc(C(F)C2CCCSC2)cc1. The third-order valence-electron chi connectivity index (χ3n) is 2.86. The fraction of sp³-hybridized carbons (Fsp3) is 0.500. The molecule has 1 nitrogen and oxygen atoms in total. The van der Waals surface area contributed by atoms with Crippen LogP contribution in [0.4, 0.5) is 10.1 Å². The second-order valence-electron chi connectivity index (χ2n) is 4.05. The van der Waals surface area contributed by atoms with Crippen LogP contribution in [-0.2, 0) is 0 Å². The van der Waals surface area contributed by atoms with E-state index < -0.39 is 6.17 Å². The van der Waals surface area contributed by atoms with Crippen LogP contribution in [0, 0.1) is 5.92 Å². The Kier molecular flexibility index (Phi) is 3.52. The Labute approximate surface area is 94.2 Å². The molecule has 15 heavy (non-hydrogen) atoms. The molecule has 0 spiro atoms. The molecule has 1 heterocycles. The molecule has 82 valence electrons. The second kappa shape index (κ2) is 4.88. The van der Waals surface area contributed by atoms with E-state index in [1.54, 1.807) is 24.3 Å². The zero-order valence-corrected chi connectivity index (χ0v) is 9.47. The van der Waals surface area contributed by atoms with Crippen LogP contribution in [0.3, 0.4) is 0 Å². The van der Waals surface area contributed by atoms with Gasteiger partial charge in [0.1, 0.15) is 6.17 Å². The van der Waals surface area contributed by atoms with Crippen molar-refractivity contribution in [2.24, 2.45) is 5.92 Å². The molecule has 2 N–H and O–H groups in total. The molecule has 0 aromatic heterocycles. The maximum absolute atomic E-state index is 14.1. The highest BCUT2D eigenvalue weighted by atomic mass is 32.2. The van der Waals surface area contributed by atoms with Crippen LogP contribution in [0.15, 0.2) is 24.3 Å². The molecule has 1 aliphatic heterocycles. The van der Waals surface area contributed by atoms with E-state index in [1.807, 2.05) is 11.8 Å². The van der Waals surface area contributed by atoms with Gasteiger partial charge >= 0.3 is 0 Å². The fourth-order valence-corrected chi connectivity index (χ4v) is 3.12. The van der Waals surface area contributed by atoms with Crippen molar-refractivity contribution in [3.63, 3.8) is 0 Å². The molecule has 0 radical (unpaired) electrons. The molecule has 0 aliphatic carbocycles. The Balaban J connectivity index is 2.05. The Morgan fingerprint density at radius 1 is 1.33 bits per heavy atom. The van der Waals surface area contributed by atoms with Crippen LogP contribution < -0.4 is 5.73 Å². The highest BCUT2D eigenvalue weighted by molar-refractivity contribution is 7.99. The number of nitrogens with two attached hydrogens (primary N) is 1. The molecule has 0 amide bonds. The van der Waals surface area contributed by atoms with Gasteiger partial charge in [0.25, 0.3) is 0 Å². The molecule has 2 unspecified atom stereocenters. The largest absolute Gasteiger partial charge is 0.399 e. The van der Waals surface area contributed by atoms with Crippen molar-refractivity contribution in [2.45, 2.75) is 19.0 Å². The van der Waals surface area contributed by atoms with Gasteiger partial charge in [-0.25, -0.2) is 4.39 Å². The second-order valence-corrected chi connectivity index (χ2v) is 5.20. The minimum absolute atomic E-state index is 0.187. The lowest BCUT2D eigenvalue weighted by atomic mass is 9.94. The standard InChI is InChI=1S/C12H16FNS/c13-12(10-2-1-7-15-8-10)9-3-5-11(14)6-4-9/h3-6,10,12H,1-2,7-8,14H2. The highest BCUT2D eigenvalue weighted by Gasteiger charge is 2.24. The first kappa shape index (κ1) is 10.8. The fourth-order valence-electron chi connectivity index (χ4n) is 1.95. The molecule has 2 rings (SSSR count). The van der Waals surface area contributed by atoms with Gasteiger partial charge in [-0.3, -0.25) is 0 Å². The van der Waals surface area contributed by atoms with Crippen LogP contribution >= 0.6 is 11.8 Å². The van der Waals surface area contributed by atoms with Gasteiger partial charge in [-0.1, -0.05) is 12.1 Å². The maximum Gasteiger partial charge on any atom is 0.129 e. The smallest absolute Gasteiger partial charge is 0.129 e. The first-order valence-corrected chi connectivity index (χ1v) is 6.50. The van der Waals surface area contributed by atoms with Gasteiger partial charge in [0.2, 0.25) is 0 Å². The van der Waals surface area contributed by atoms with Gasteiger partial charge in [-0.2, -0.15) is 11.8 Å². The van der Waals surface area contributed by atoms with Gasteiger partial charge in [-0.05, 0) is 42.0 Å². The Morgan fingerprint density at radius 2 is 2.07 bits per heavy atom. The molecule has 0 saturated carbocycles. The number of benzene rings is 1. The summed E-state index contributed by atoms with van der Waals surface area (Å²) in [7, 11) is 0. The minimum atomic E-state index is -0.821. The van der Waals surface area contributed by atoms with E-state index in [1.165, 1.54) is 5.75 Å². The van der Waals surface area contributed by atoms with Gasteiger partial charge in [0.15, 0.2) is 0 Å². The van der Waals surface area contributed by atoms with E-state index in [2.05, 4.69) is 0 Å². The van der Waals surface area contributed by atoms with Crippen molar-refractivity contribution in [1.29, 1.82) is 0 Å². The summed E-state index contributed by atoms with van der Waals surface area (Å²) in [6.45, 7) is 0. The van der Waals surface area contributed by atoms with Gasteiger partial charge in [0.05, 0.1) is 0 Å². The molecule has 1 fully saturated rings. The predicted octanol–water partition coefficient (Wildman–Crippen LogP) is 3.42. The van der Waals surface area contributed by atoms with E-state index in [-0.39, 0.29) is 5.92 Å². The number of rotatable bonds is 2. The van der Waals surface area contributed by atoms with Gasteiger partial charge in [-0.15, -0.1) is 0 Å². The number of thioether (sulfide) groups is 1. The summed E-state index contributed by atoms with van der Waals surface area (Å²) in [6.07, 6.45) is 1.34. The molecule has 1 aromatic rings. The molecule has 1 aliphatic rings. The molecule has 2 atom stereocenters. The third kappa shape index (κ3) is 2.65. The number of anilines is 1. The van der Waals surface area contributed by atoms with Gasteiger partial charge in [0, 0.05) is 11.6 Å². The van der Waals surface area contributed by atoms with E-state index in [0.29, 0.717) is 5.69 Å². The summed E-state index contributed by atoms with van der Waals surface area (Å²) in [4.78, 5) is 0. The molecule has 0 bridgehead atoms. The summed E-state index contributed by atoms with van der Waals surface area (Å²) in [5, 5.41) is 0. The first-order valence-electron chi connectivity index (χ1n) is 5.34. The number of hydrogen-bond acceptors (Lipinski definition) is 2. The molecule has 1 saturated heterocycles. The lowest BCUT2D eigenvalue weighted by Gasteiger charge is -2.24. The van der Waals surface area contributed by atoms with E-state index in [0.717, 1.165) is 24.2 Å². The van der Waals surface area contributed by atoms with E-state index in [4.69, 9.17) is 5.73 Å². The van der Waals surface area contributed by atoms with Crippen LogP contribution in [-0.4, -0.2) is 11.5 Å². The average Bonchev–Trinajstić information content (AvgIpc) is 2.30. The van der Waals surface area contributed by atoms with Crippen molar-refractivity contribution in [1.82, 2.24) is 0 Å². The summed E-state index contributed by atoms with van der Waals surface area (Å²) < 4.78 is 14.1.